The summed E-state index contributed by atoms with van der Waals surface area (Å²) in [7, 11) is 3.91. The Morgan fingerprint density at radius 3 is 2.82 bits per heavy atom. The van der Waals surface area contributed by atoms with Crippen molar-refractivity contribution in [1.29, 1.82) is 0 Å². The molecule has 0 fully saturated rings. The molecule has 0 N–H and O–H groups in total. The van der Waals surface area contributed by atoms with Gasteiger partial charge in [0.2, 0.25) is 0 Å². The lowest BCUT2D eigenvalue weighted by atomic mass is 9.96. The predicted molar refractivity (Wildman–Crippen MR) is 48.7 cm³/mol. The molecule has 0 bridgehead atoms. The van der Waals surface area contributed by atoms with Crippen LogP contribution in [0.1, 0.15) is 19.3 Å². The van der Waals surface area contributed by atoms with Crippen LogP contribution in [-0.4, -0.2) is 25.3 Å². The fourth-order valence-corrected chi connectivity index (χ4v) is 1.18. The molecule has 0 aromatic carbocycles. The van der Waals surface area contributed by atoms with Crippen LogP contribution in [0.5, 0.6) is 0 Å². The standard InChI is InChI=1S/C9H16N2/c1-11(2)10-8-9-6-4-3-5-7-9/h3-4,8-9H,5-7H2,1-2H3/b10-8-/t9-/m1/s1. The summed E-state index contributed by atoms with van der Waals surface area (Å²) >= 11 is 0. The smallest absolute Gasteiger partial charge is 0.0279 e. The van der Waals surface area contributed by atoms with E-state index >= 15 is 0 Å². The Labute approximate surface area is 68.6 Å². The van der Waals surface area contributed by atoms with Crippen molar-refractivity contribution in [3.8, 4) is 0 Å². The van der Waals surface area contributed by atoms with Crippen LogP contribution in [0, 0.1) is 5.92 Å². The van der Waals surface area contributed by atoms with E-state index in [4.69, 9.17) is 0 Å². The van der Waals surface area contributed by atoms with Gasteiger partial charge in [0.1, 0.15) is 0 Å². The lowest BCUT2D eigenvalue weighted by Crippen LogP contribution is -2.08. The van der Waals surface area contributed by atoms with E-state index < -0.39 is 0 Å². The van der Waals surface area contributed by atoms with Crippen molar-refractivity contribution in [3.63, 3.8) is 0 Å². The highest BCUT2D eigenvalue weighted by Gasteiger charge is 2.05. The van der Waals surface area contributed by atoms with Crippen molar-refractivity contribution < 1.29 is 0 Å². The Bertz CT molecular complexity index is 159. The largest absolute Gasteiger partial charge is 0.303 e. The van der Waals surface area contributed by atoms with Gasteiger partial charge in [0.25, 0.3) is 0 Å². The first kappa shape index (κ1) is 8.31. The summed E-state index contributed by atoms with van der Waals surface area (Å²) < 4.78 is 0. The van der Waals surface area contributed by atoms with E-state index in [9.17, 15) is 0 Å². The van der Waals surface area contributed by atoms with Crippen molar-refractivity contribution in [2.45, 2.75) is 19.3 Å². The maximum absolute atomic E-state index is 4.22. The molecule has 0 saturated heterocycles. The molecule has 1 rings (SSSR count). The number of nitrogens with zero attached hydrogens (tertiary/aromatic N) is 2. The van der Waals surface area contributed by atoms with Crippen molar-refractivity contribution >= 4 is 6.21 Å². The second-order valence-electron chi connectivity index (χ2n) is 3.16. The molecule has 1 atom stereocenters. The molecule has 2 heteroatoms. The molecule has 62 valence electrons. The van der Waals surface area contributed by atoms with Crippen LogP contribution >= 0.6 is 0 Å². The molecule has 1 aliphatic carbocycles. The molecule has 0 radical (unpaired) electrons. The zero-order valence-corrected chi connectivity index (χ0v) is 7.33. The van der Waals surface area contributed by atoms with Gasteiger partial charge in [0.05, 0.1) is 0 Å². The Morgan fingerprint density at radius 1 is 1.45 bits per heavy atom. The lowest BCUT2D eigenvalue weighted by molar-refractivity contribution is 0.434. The highest BCUT2D eigenvalue weighted by molar-refractivity contribution is 5.60. The Morgan fingerprint density at radius 2 is 2.27 bits per heavy atom. The maximum atomic E-state index is 4.22. The van der Waals surface area contributed by atoms with Gasteiger partial charge in [-0.25, -0.2) is 0 Å². The van der Waals surface area contributed by atoms with Crippen LogP contribution in [0.15, 0.2) is 17.3 Å². The quantitative estimate of drug-likeness (QED) is 0.335. The molecule has 0 amide bonds. The highest BCUT2D eigenvalue weighted by Crippen LogP contribution is 2.15. The summed E-state index contributed by atoms with van der Waals surface area (Å²) in [6, 6.07) is 0. The third kappa shape index (κ3) is 3.21. The highest BCUT2D eigenvalue weighted by atomic mass is 15.4. The van der Waals surface area contributed by atoms with E-state index in [0.29, 0.717) is 5.92 Å². The normalized spacial score (nSPS) is 24.4. The number of hydrogen-bond donors (Lipinski definition) is 0. The number of hydrogen-bond acceptors (Lipinski definition) is 2. The molecule has 0 saturated carbocycles. The van der Waals surface area contributed by atoms with Gasteiger partial charge < -0.3 is 5.01 Å². The molecule has 1 aliphatic rings. The van der Waals surface area contributed by atoms with Gasteiger partial charge in [-0.15, -0.1) is 0 Å². The summed E-state index contributed by atoms with van der Waals surface area (Å²) in [4.78, 5) is 0. The van der Waals surface area contributed by atoms with E-state index in [-0.39, 0.29) is 0 Å². The lowest BCUT2D eigenvalue weighted by Gasteiger charge is -2.13. The van der Waals surface area contributed by atoms with Crippen molar-refractivity contribution in [2.75, 3.05) is 14.1 Å². The summed E-state index contributed by atoms with van der Waals surface area (Å²) in [6.45, 7) is 0. The molecule has 0 heterocycles. The van der Waals surface area contributed by atoms with Gasteiger partial charge in [-0.1, -0.05) is 12.2 Å². The van der Waals surface area contributed by atoms with Crippen LogP contribution in [-0.2, 0) is 0 Å². The molecular weight excluding hydrogens is 136 g/mol. The molecule has 2 nitrogen and oxygen atoms in total. The first-order valence-corrected chi connectivity index (χ1v) is 4.15. The van der Waals surface area contributed by atoms with Crippen molar-refractivity contribution in [3.05, 3.63) is 12.2 Å². The van der Waals surface area contributed by atoms with Crippen LogP contribution in [0.3, 0.4) is 0 Å². The van der Waals surface area contributed by atoms with E-state index in [1.165, 1.54) is 12.8 Å². The fraction of sp³-hybridized carbons (Fsp3) is 0.667. The molecule has 0 aromatic heterocycles. The SMILES string of the molecule is CN(C)/N=C\[C@@H]1CC=CCC1. The minimum absolute atomic E-state index is 0.669. The van der Waals surface area contributed by atoms with Gasteiger partial charge in [-0.2, -0.15) is 5.10 Å². The van der Waals surface area contributed by atoms with Gasteiger partial charge in [-0.3, -0.25) is 0 Å². The number of allylic oxidation sites excluding steroid dienone is 2. The second-order valence-corrected chi connectivity index (χ2v) is 3.16. The monoisotopic (exact) mass is 152 g/mol. The van der Waals surface area contributed by atoms with Crippen LogP contribution in [0.25, 0.3) is 0 Å². The first-order valence-electron chi connectivity index (χ1n) is 4.15. The Balaban J connectivity index is 2.31. The van der Waals surface area contributed by atoms with Crippen LogP contribution in [0.4, 0.5) is 0 Å². The van der Waals surface area contributed by atoms with Crippen molar-refractivity contribution in [2.24, 2.45) is 11.0 Å². The summed E-state index contributed by atoms with van der Waals surface area (Å²) in [5.41, 5.74) is 0. The minimum atomic E-state index is 0.669. The second kappa shape index (κ2) is 4.16. The van der Waals surface area contributed by atoms with Gasteiger partial charge in [-0.05, 0) is 25.2 Å². The van der Waals surface area contributed by atoms with Crippen LogP contribution in [0.2, 0.25) is 0 Å². The average molecular weight is 152 g/mol. The predicted octanol–water partition coefficient (Wildman–Crippen LogP) is 1.89. The molecule has 0 aliphatic heterocycles. The summed E-state index contributed by atoms with van der Waals surface area (Å²) in [5.74, 6) is 0.669. The first-order chi connectivity index (χ1) is 5.29. The number of hydrazone groups is 1. The van der Waals surface area contributed by atoms with Crippen LogP contribution < -0.4 is 0 Å². The fourth-order valence-electron chi connectivity index (χ4n) is 1.18. The van der Waals surface area contributed by atoms with E-state index in [2.05, 4.69) is 23.5 Å². The topological polar surface area (TPSA) is 15.6 Å². The van der Waals surface area contributed by atoms with E-state index in [1.54, 1.807) is 0 Å². The zero-order valence-electron chi connectivity index (χ0n) is 7.33. The third-order valence-corrected chi connectivity index (χ3v) is 1.82. The Kier molecular flexibility index (Phi) is 3.14. The van der Waals surface area contributed by atoms with Gasteiger partial charge >= 0.3 is 0 Å². The minimum Gasteiger partial charge on any atom is -0.303 e. The van der Waals surface area contributed by atoms with E-state index in [1.807, 2.05) is 19.1 Å². The number of rotatable bonds is 2. The molecule has 0 aromatic rings. The maximum Gasteiger partial charge on any atom is 0.0279 e. The average Bonchev–Trinajstić information content (AvgIpc) is 2.03. The molecular formula is C9H16N2. The molecule has 0 spiro atoms. The Hall–Kier alpha value is -0.790. The molecule has 11 heavy (non-hydrogen) atoms. The third-order valence-electron chi connectivity index (χ3n) is 1.82. The summed E-state index contributed by atoms with van der Waals surface area (Å²) in [6.07, 6.45) is 10.2. The van der Waals surface area contributed by atoms with Gasteiger partial charge in [0, 0.05) is 20.3 Å². The van der Waals surface area contributed by atoms with Crippen molar-refractivity contribution in [1.82, 2.24) is 5.01 Å². The van der Waals surface area contributed by atoms with E-state index in [0.717, 1.165) is 6.42 Å². The van der Waals surface area contributed by atoms with Gasteiger partial charge in [0.15, 0.2) is 0 Å². The molecule has 0 unspecified atom stereocenters. The zero-order chi connectivity index (χ0) is 8.10. The summed E-state index contributed by atoms with van der Waals surface area (Å²) in [5, 5.41) is 6.07.